The first-order valence-electron chi connectivity index (χ1n) is 5.74. The van der Waals surface area contributed by atoms with Crippen molar-refractivity contribution < 1.29 is 9.90 Å². The first-order chi connectivity index (χ1) is 8.11. The number of aliphatic hydroxyl groups excluding tert-OH is 1. The van der Waals surface area contributed by atoms with Crippen LogP contribution in [0.15, 0.2) is 28.7 Å². The fourth-order valence-electron chi connectivity index (χ4n) is 1.35. The Labute approximate surface area is 110 Å². The molecule has 0 saturated heterocycles. The lowest BCUT2D eigenvalue weighted by Gasteiger charge is -2.09. The number of aryl methyl sites for hydroxylation is 1. The van der Waals surface area contributed by atoms with Crippen LogP contribution in [-0.2, 0) is 11.2 Å². The van der Waals surface area contributed by atoms with E-state index in [1.165, 1.54) is 0 Å². The molecule has 3 nitrogen and oxygen atoms in total. The van der Waals surface area contributed by atoms with Gasteiger partial charge in [0.15, 0.2) is 0 Å². The molecule has 0 saturated carbocycles. The minimum Gasteiger partial charge on any atom is -0.396 e. The molecule has 1 aromatic carbocycles. The second-order valence-corrected chi connectivity index (χ2v) is 5.13. The minimum atomic E-state index is 0.0354. The van der Waals surface area contributed by atoms with Gasteiger partial charge in [-0.05, 0) is 30.0 Å². The van der Waals surface area contributed by atoms with Gasteiger partial charge in [0.1, 0.15) is 0 Å². The van der Waals surface area contributed by atoms with E-state index in [2.05, 4.69) is 21.2 Å². The highest BCUT2D eigenvalue weighted by Gasteiger charge is 2.04. The molecular formula is C13H18BrNO2. The molecule has 0 aliphatic carbocycles. The first kappa shape index (κ1) is 14.2. The average molecular weight is 300 g/mol. The summed E-state index contributed by atoms with van der Waals surface area (Å²) < 4.78 is 1.04. The Morgan fingerprint density at radius 1 is 1.41 bits per heavy atom. The second-order valence-electron chi connectivity index (χ2n) is 4.22. The van der Waals surface area contributed by atoms with Crippen molar-refractivity contribution in [1.29, 1.82) is 0 Å². The van der Waals surface area contributed by atoms with Crippen molar-refractivity contribution in [2.24, 2.45) is 5.92 Å². The van der Waals surface area contributed by atoms with Gasteiger partial charge in [0.25, 0.3) is 0 Å². The summed E-state index contributed by atoms with van der Waals surface area (Å²) in [4.78, 5) is 11.5. The van der Waals surface area contributed by atoms with Crippen molar-refractivity contribution in [3.05, 3.63) is 34.3 Å². The van der Waals surface area contributed by atoms with Crippen LogP contribution in [0.5, 0.6) is 0 Å². The fourth-order valence-corrected chi connectivity index (χ4v) is 1.61. The Bertz CT molecular complexity index is 351. The zero-order valence-corrected chi connectivity index (χ0v) is 11.5. The molecule has 0 bridgehead atoms. The van der Waals surface area contributed by atoms with Crippen LogP contribution in [0.4, 0.5) is 0 Å². The van der Waals surface area contributed by atoms with E-state index in [0.29, 0.717) is 13.0 Å². The van der Waals surface area contributed by atoms with Crippen LogP contribution in [0.2, 0.25) is 0 Å². The lowest BCUT2D eigenvalue weighted by molar-refractivity contribution is -0.121. The molecule has 4 heteroatoms. The maximum Gasteiger partial charge on any atom is 0.220 e. The SMILES string of the molecule is CC(CO)CNC(=O)CCc1ccc(Br)cc1. The van der Waals surface area contributed by atoms with E-state index in [-0.39, 0.29) is 18.4 Å². The van der Waals surface area contributed by atoms with Crippen LogP contribution in [0.25, 0.3) is 0 Å². The third kappa shape index (κ3) is 5.84. The van der Waals surface area contributed by atoms with E-state index in [0.717, 1.165) is 16.5 Å². The lowest BCUT2D eigenvalue weighted by Crippen LogP contribution is -2.29. The lowest BCUT2D eigenvalue weighted by atomic mass is 10.1. The normalized spacial score (nSPS) is 12.2. The van der Waals surface area contributed by atoms with Crippen LogP contribution in [-0.4, -0.2) is 24.2 Å². The largest absolute Gasteiger partial charge is 0.396 e. The maximum absolute atomic E-state index is 11.5. The van der Waals surface area contributed by atoms with Crippen molar-refractivity contribution in [3.63, 3.8) is 0 Å². The monoisotopic (exact) mass is 299 g/mol. The Balaban J connectivity index is 2.26. The van der Waals surface area contributed by atoms with Gasteiger partial charge in [-0.1, -0.05) is 35.0 Å². The van der Waals surface area contributed by atoms with E-state index in [1.807, 2.05) is 31.2 Å². The number of hydrogen-bond donors (Lipinski definition) is 2. The number of halogens is 1. The van der Waals surface area contributed by atoms with Crippen LogP contribution in [0.1, 0.15) is 18.9 Å². The summed E-state index contributed by atoms with van der Waals surface area (Å²) in [6, 6.07) is 7.96. The zero-order chi connectivity index (χ0) is 12.7. The number of benzene rings is 1. The zero-order valence-electron chi connectivity index (χ0n) is 9.95. The molecule has 0 spiro atoms. The van der Waals surface area contributed by atoms with Gasteiger partial charge in [0.2, 0.25) is 5.91 Å². The molecule has 0 aliphatic heterocycles. The van der Waals surface area contributed by atoms with Crippen LogP contribution >= 0.6 is 15.9 Å². The Morgan fingerprint density at radius 3 is 2.65 bits per heavy atom. The molecule has 1 rings (SSSR count). The molecule has 0 aromatic heterocycles. The van der Waals surface area contributed by atoms with Crippen molar-refractivity contribution >= 4 is 21.8 Å². The molecule has 94 valence electrons. The third-order valence-corrected chi connectivity index (χ3v) is 3.04. The van der Waals surface area contributed by atoms with Gasteiger partial charge in [-0.2, -0.15) is 0 Å². The summed E-state index contributed by atoms with van der Waals surface area (Å²) in [5.41, 5.74) is 1.15. The van der Waals surface area contributed by atoms with Gasteiger partial charge < -0.3 is 10.4 Å². The number of aliphatic hydroxyl groups is 1. The number of amides is 1. The average Bonchev–Trinajstić information content (AvgIpc) is 2.35. The molecular weight excluding hydrogens is 282 g/mol. The number of hydrogen-bond acceptors (Lipinski definition) is 2. The summed E-state index contributed by atoms with van der Waals surface area (Å²) >= 11 is 3.37. The molecule has 1 aromatic rings. The Kier molecular flexibility index (Phi) is 6.22. The predicted molar refractivity (Wildman–Crippen MR) is 71.7 cm³/mol. The second kappa shape index (κ2) is 7.45. The predicted octanol–water partition coefficient (Wildman–Crippen LogP) is 2.13. The smallest absolute Gasteiger partial charge is 0.220 e. The van der Waals surface area contributed by atoms with Gasteiger partial charge in [0, 0.05) is 24.0 Å². The van der Waals surface area contributed by atoms with Crippen LogP contribution < -0.4 is 5.32 Å². The third-order valence-electron chi connectivity index (χ3n) is 2.51. The number of carbonyl (C=O) groups is 1. The van der Waals surface area contributed by atoms with Gasteiger partial charge in [0.05, 0.1) is 0 Å². The minimum absolute atomic E-state index is 0.0354. The molecule has 0 fully saturated rings. The summed E-state index contributed by atoms with van der Waals surface area (Å²) in [7, 11) is 0. The highest BCUT2D eigenvalue weighted by Crippen LogP contribution is 2.11. The number of carbonyl (C=O) groups excluding carboxylic acids is 1. The molecule has 0 aliphatic rings. The summed E-state index contributed by atoms with van der Waals surface area (Å²) in [5, 5.41) is 11.6. The Hall–Kier alpha value is -0.870. The van der Waals surface area contributed by atoms with Crippen molar-refractivity contribution in [3.8, 4) is 0 Å². The number of rotatable bonds is 6. The standard InChI is InChI=1S/C13H18BrNO2/c1-10(9-16)8-15-13(17)7-4-11-2-5-12(14)6-3-11/h2-3,5-6,10,16H,4,7-9H2,1H3,(H,15,17). The van der Waals surface area contributed by atoms with E-state index < -0.39 is 0 Å². The van der Waals surface area contributed by atoms with Gasteiger partial charge in [-0.25, -0.2) is 0 Å². The first-order valence-corrected chi connectivity index (χ1v) is 6.53. The molecule has 0 radical (unpaired) electrons. The molecule has 1 amide bonds. The summed E-state index contributed by atoms with van der Waals surface area (Å²) in [6.45, 7) is 2.54. The van der Waals surface area contributed by atoms with E-state index in [9.17, 15) is 4.79 Å². The fraction of sp³-hybridized carbons (Fsp3) is 0.462. The van der Waals surface area contributed by atoms with Gasteiger partial charge in [-0.15, -0.1) is 0 Å². The van der Waals surface area contributed by atoms with Gasteiger partial charge in [-0.3, -0.25) is 4.79 Å². The summed E-state index contributed by atoms with van der Waals surface area (Å²) in [6.07, 6.45) is 1.23. The maximum atomic E-state index is 11.5. The highest BCUT2D eigenvalue weighted by atomic mass is 79.9. The van der Waals surface area contributed by atoms with Crippen molar-refractivity contribution in [1.82, 2.24) is 5.32 Å². The number of nitrogens with one attached hydrogen (secondary N) is 1. The molecule has 1 atom stereocenters. The topological polar surface area (TPSA) is 49.3 Å². The van der Waals surface area contributed by atoms with E-state index >= 15 is 0 Å². The van der Waals surface area contributed by atoms with Crippen LogP contribution in [0.3, 0.4) is 0 Å². The molecule has 1 unspecified atom stereocenters. The van der Waals surface area contributed by atoms with Crippen LogP contribution in [0, 0.1) is 5.92 Å². The quantitative estimate of drug-likeness (QED) is 0.845. The molecule has 2 N–H and O–H groups in total. The van der Waals surface area contributed by atoms with Crippen molar-refractivity contribution in [2.45, 2.75) is 19.8 Å². The molecule has 17 heavy (non-hydrogen) atoms. The Morgan fingerprint density at radius 2 is 2.06 bits per heavy atom. The molecule has 0 heterocycles. The summed E-state index contributed by atoms with van der Waals surface area (Å²) in [5.74, 6) is 0.153. The van der Waals surface area contributed by atoms with Crippen molar-refractivity contribution in [2.75, 3.05) is 13.2 Å². The van der Waals surface area contributed by atoms with E-state index in [1.54, 1.807) is 0 Å². The van der Waals surface area contributed by atoms with Gasteiger partial charge >= 0.3 is 0 Å². The van der Waals surface area contributed by atoms with E-state index in [4.69, 9.17) is 5.11 Å². The highest BCUT2D eigenvalue weighted by molar-refractivity contribution is 9.10.